The molecule has 1 aliphatic heterocycles. The minimum Gasteiger partial charge on any atom is -0.325 e. The van der Waals surface area contributed by atoms with E-state index < -0.39 is 0 Å². The van der Waals surface area contributed by atoms with Crippen molar-refractivity contribution in [3.8, 4) is 22.6 Å². The maximum atomic E-state index is 13.0. The molecular formula is C24H29N9O. The second-order valence-electron chi connectivity index (χ2n) is 9.95. The predicted molar refractivity (Wildman–Crippen MR) is 130 cm³/mol. The van der Waals surface area contributed by atoms with Gasteiger partial charge >= 0.3 is 6.03 Å². The minimum absolute atomic E-state index is 0.113. The zero-order chi connectivity index (χ0) is 23.9. The van der Waals surface area contributed by atoms with Crippen LogP contribution in [0.3, 0.4) is 0 Å². The van der Waals surface area contributed by atoms with Crippen molar-refractivity contribution in [1.29, 1.82) is 0 Å². The van der Waals surface area contributed by atoms with Crippen LogP contribution in [0.1, 0.15) is 33.6 Å². The summed E-state index contributed by atoms with van der Waals surface area (Å²) in [6.45, 7) is 8.31. The number of fused-ring (bicyclic) bond motifs is 1. The largest absolute Gasteiger partial charge is 0.325 e. The van der Waals surface area contributed by atoms with E-state index in [0.29, 0.717) is 28.7 Å². The third-order valence-corrected chi connectivity index (χ3v) is 6.75. The SMILES string of the molecule is Cn1ncc2cc(-c3ncc(NC(=O)N4CCC(C(C)(C)C)CC4)cc3-c3nn[nH]n3)ccc21. The van der Waals surface area contributed by atoms with Gasteiger partial charge in [-0.15, -0.1) is 10.2 Å². The van der Waals surface area contributed by atoms with Gasteiger partial charge in [0.15, 0.2) is 0 Å². The average molecular weight is 460 g/mol. The number of hydrogen-bond acceptors (Lipinski definition) is 6. The summed E-state index contributed by atoms with van der Waals surface area (Å²) in [5.74, 6) is 1.04. The van der Waals surface area contributed by atoms with Crippen molar-refractivity contribution in [2.75, 3.05) is 18.4 Å². The highest BCUT2D eigenvalue weighted by molar-refractivity contribution is 5.92. The van der Waals surface area contributed by atoms with Crippen LogP contribution in [0.25, 0.3) is 33.5 Å². The van der Waals surface area contributed by atoms with E-state index in [1.807, 2.05) is 47.1 Å². The van der Waals surface area contributed by atoms with Crippen molar-refractivity contribution in [2.24, 2.45) is 18.4 Å². The van der Waals surface area contributed by atoms with E-state index in [0.717, 1.165) is 42.4 Å². The van der Waals surface area contributed by atoms with Crippen molar-refractivity contribution in [3.63, 3.8) is 0 Å². The molecule has 4 aromatic rings. The zero-order valence-corrected chi connectivity index (χ0v) is 19.9. The number of pyridine rings is 1. The van der Waals surface area contributed by atoms with Gasteiger partial charge in [0.1, 0.15) is 0 Å². The number of nitrogens with zero attached hydrogens (tertiary/aromatic N) is 7. The molecule has 0 unspecified atom stereocenters. The molecular weight excluding hydrogens is 430 g/mol. The topological polar surface area (TPSA) is 118 Å². The van der Waals surface area contributed by atoms with Gasteiger partial charge in [0.25, 0.3) is 0 Å². The first kappa shape index (κ1) is 22.0. The van der Waals surface area contributed by atoms with E-state index in [1.165, 1.54) is 0 Å². The third-order valence-electron chi connectivity index (χ3n) is 6.75. The summed E-state index contributed by atoms with van der Waals surface area (Å²) in [5, 5.41) is 22.8. The molecule has 176 valence electrons. The van der Waals surface area contributed by atoms with E-state index in [1.54, 1.807) is 6.20 Å². The summed E-state index contributed by atoms with van der Waals surface area (Å²) < 4.78 is 1.83. The molecule has 10 nitrogen and oxygen atoms in total. The van der Waals surface area contributed by atoms with Crippen LogP contribution in [0, 0.1) is 11.3 Å². The molecule has 0 spiro atoms. The number of hydrogen-bond donors (Lipinski definition) is 2. The highest BCUT2D eigenvalue weighted by Crippen LogP contribution is 2.35. The first-order chi connectivity index (χ1) is 16.3. The summed E-state index contributed by atoms with van der Waals surface area (Å²) in [6, 6.07) is 7.77. The highest BCUT2D eigenvalue weighted by Gasteiger charge is 2.30. The first-order valence-electron chi connectivity index (χ1n) is 11.5. The molecule has 1 fully saturated rings. The molecule has 1 aliphatic rings. The first-order valence-corrected chi connectivity index (χ1v) is 11.5. The van der Waals surface area contributed by atoms with Crippen LogP contribution in [0.5, 0.6) is 0 Å². The minimum atomic E-state index is -0.113. The van der Waals surface area contributed by atoms with Crippen LogP contribution < -0.4 is 5.32 Å². The lowest BCUT2D eigenvalue weighted by Gasteiger charge is -2.38. The number of nitrogens with one attached hydrogen (secondary N) is 2. The van der Waals surface area contributed by atoms with Crippen molar-refractivity contribution in [3.05, 3.63) is 36.7 Å². The maximum Gasteiger partial charge on any atom is 0.321 e. The summed E-state index contributed by atoms with van der Waals surface area (Å²) in [7, 11) is 1.91. The van der Waals surface area contributed by atoms with Crippen LogP contribution in [0.15, 0.2) is 36.7 Å². The summed E-state index contributed by atoms with van der Waals surface area (Å²) in [4.78, 5) is 19.5. The molecule has 1 aromatic carbocycles. The number of benzene rings is 1. The lowest BCUT2D eigenvalue weighted by atomic mass is 9.75. The molecule has 2 amide bonds. The Bertz CT molecular complexity index is 1310. The normalized spacial score (nSPS) is 15.1. The van der Waals surface area contributed by atoms with Crippen molar-refractivity contribution < 1.29 is 4.79 Å². The average Bonchev–Trinajstić information content (AvgIpc) is 3.49. The van der Waals surface area contributed by atoms with Crippen LogP contribution in [0.2, 0.25) is 0 Å². The zero-order valence-electron chi connectivity index (χ0n) is 19.9. The second kappa shape index (κ2) is 8.51. The fourth-order valence-corrected chi connectivity index (χ4v) is 4.67. The Morgan fingerprint density at radius 3 is 2.65 bits per heavy atom. The monoisotopic (exact) mass is 459 g/mol. The van der Waals surface area contributed by atoms with Gasteiger partial charge in [0.2, 0.25) is 5.82 Å². The number of piperidine rings is 1. The number of H-pyrrole nitrogens is 1. The molecule has 0 saturated carbocycles. The van der Waals surface area contributed by atoms with Gasteiger partial charge in [-0.3, -0.25) is 9.67 Å². The Kier molecular flexibility index (Phi) is 5.51. The Labute approximate surface area is 197 Å². The third kappa shape index (κ3) is 4.23. The Hall–Kier alpha value is -3.82. The number of aromatic amines is 1. The fraction of sp³-hybridized carbons (Fsp3) is 0.417. The summed E-state index contributed by atoms with van der Waals surface area (Å²) in [6.07, 6.45) is 5.52. The lowest BCUT2D eigenvalue weighted by molar-refractivity contribution is 0.128. The Morgan fingerprint density at radius 1 is 1.15 bits per heavy atom. The van der Waals surface area contributed by atoms with Gasteiger partial charge < -0.3 is 10.2 Å². The summed E-state index contributed by atoms with van der Waals surface area (Å²) >= 11 is 0. The number of carbonyl (C=O) groups excluding carboxylic acids is 1. The standard InChI is InChI=1S/C24H29N9O/c1-24(2,3)17-7-9-33(10-8-17)23(34)27-18-12-19(22-28-30-31-29-22)21(25-14-18)15-5-6-20-16(11-15)13-26-32(20)4/h5-6,11-14,17H,7-10H2,1-4H3,(H,27,34)(H,28,29,30,31). The molecule has 0 bridgehead atoms. The van der Waals surface area contributed by atoms with Crippen LogP contribution in [0.4, 0.5) is 10.5 Å². The molecule has 0 aliphatic carbocycles. The van der Waals surface area contributed by atoms with Crippen molar-refractivity contribution in [1.82, 2.24) is 40.3 Å². The highest BCUT2D eigenvalue weighted by atomic mass is 16.2. The van der Waals surface area contributed by atoms with Gasteiger partial charge in [-0.1, -0.05) is 26.8 Å². The molecule has 3 aromatic heterocycles. The molecule has 1 saturated heterocycles. The van der Waals surface area contributed by atoms with Crippen LogP contribution in [-0.4, -0.2) is 59.4 Å². The summed E-state index contributed by atoms with van der Waals surface area (Å²) in [5.41, 5.74) is 4.18. The molecule has 4 heterocycles. The van der Waals surface area contributed by atoms with Crippen molar-refractivity contribution >= 4 is 22.6 Å². The van der Waals surface area contributed by atoms with Gasteiger partial charge in [-0.2, -0.15) is 10.3 Å². The van der Waals surface area contributed by atoms with E-state index in [9.17, 15) is 4.79 Å². The van der Waals surface area contributed by atoms with E-state index in [2.05, 4.69) is 56.8 Å². The number of carbonyl (C=O) groups is 1. The van der Waals surface area contributed by atoms with Gasteiger partial charge in [0, 0.05) is 31.1 Å². The van der Waals surface area contributed by atoms with Gasteiger partial charge in [0.05, 0.1) is 34.9 Å². The number of rotatable bonds is 3. The quantitative estimate of drug-likeness (QED) is 0.476. The fourth-order valence-electron chi connectivity index (χ4n) is 4.67. The number of tetrazole rings is 1. The Balaban J connectivity index is 1.40. The molecule has 5 rings (SSSR count). The number of urea groups is 1. The van der Waals surface area contributed by atoms with Crippen LogP contribution in [-0.2, 0) is 7.05 Å². The van der Waals surface area contributed by atoms with E-state index >= 15 is 0 Å². The van der Waals surface area contributed by atoms with E-state index in [-0.39, 0.29) is 11.4 Å². The molecule has 10 heteroatoms. The lowest BCUT2D eigenvalue weighted by Crippen LogP contribution is -2.43. The van der Waals surface area contributed by atoms with Gasteiger partial charge in [-0.05, 0) is 47.6 Å². The number of aryl methyl sites for hydroxylation is 1. The molecule has 0 atom stereocenters. The second-order valence-corrected chi connectivity index (χ2v) is 9.95. The maximum absolute atomic E-state index is 13.0. The molecule has 2 N–H and O–H groups in total. The van der Waals surface area contributed by atoms with E-state index in [4.69, 9.17) is 0 Å². The number of likely N-dealkylation sites (tertiary alicyclic amines) is 1. The number of aromatic nitrogens is 7. The van der Waals surface area contributed by atoms with Crippen molar-refractivity contribution in [2.45, 2.75) is 33.6 Å². The molecule has 34 heavy (non-hydrogen) atoms. The Morgan fingerprint density at radius 2 is 1.94 bits per heavy atom. The number of anilines is 1. The van der Waals surface area contributed by atoms with Crippen LogP contribution >= 0.6 is 0 Å². The smallest absolute Gasteiger partial charge is 0.321 e. The number of amides is 2. The molecule has 0 radical (unpaired) electrons. The predicted octanol–water partition coefficient (Wildman–Crippen LogP) is 4.11. The van der Waals surface area contributed by atoms with Gasteiger partial charge in [-0.25, -0.2) is 4.79 Å².